The minimum absolute atomic E-state index is 0.0364. The molecule has 3 aromatic carbocycles. The number of ketones is 1. The van der Waals surface area contributed by atoms with Gasteiger partial charge < -0.3 is 20.9 Å². The first-order chi connectivity index (χ1) is 25.3. The van der Waals surface area contributed by atoms with Gasteiger partial charge in [-0.2, -0.15) is 0 Å². The van der Waals surface area contributed by atoms with Crippen molar-refractivity contribution in [3.8, 4) is 5.75 Å². The molecule has 6 nitrogen and oxygen atoms in total. The van der Waals surface area contributed by atoms with Gasteiger partial charge in [-0.25, -0.2) is 4.79 Å². The number of rotatable bonds is 10. The van der Waals surface area contributed by atoms with E-state index in [2.05, 4.69) is 34.6 Å². The van der Waals surface area contributed by atoms with Crippen LogP contribution in [-0.2, 0) is 11.3 Å². The van der Waals surface area contributed by atoms with Crippen LogP contribution in [0.5, 0.6) is 5.75 Å². The molecule has 4 aliphatic rings. The van der Waals surface area contributed by atoms with E-state index in [1.807, 2.05) is 36.4 Å². The third-order valence-electron chi connectivity index (χ3n) is 14.8. The maximum absolute atomic E-state index is 13.3. The predicted molar refractivity (Wildman–Crippen MR) is 214 cm³/mol. The van der Waals surface area contributed by atoms with Crippen LogP contribution in [0, 0.1) is 52.3 Å². The molecule has 282 valence electrons. The molecule has 7 rings (SSSR count). The second-order valence-electron chi connectivity index (χ2n) is 17.9. The van der Waals surface area contributed by atoms with Gasteiger partial charge in [-0.1, -0.05) is 65.0 Å². The molecule has 4 fully saturated rings. The summed E-state index contributed by atoms with van der Waals surface area (Å²) in [5, 5.41) is 0. The third kappa shape index (κ3) is 7.53. The van der Waals surface area contributed by atoms with E-state index in [1.165, 1.54) is 38.5 Å². The summed E-state index contributed by atoms with van der Waals surface area (Å²) in [5.74, 6) is 5.90. The first kappa shape index (κ1) is 37.3. The van der Waals surface area contributed by atoms with Gasteiger partial charge in [-0.15, -0.1) is 0 Å². The fourth-order valence-corrected chi connectivity index (χ4v) is 11.6. The molecular formula is C47H60N2O4. The Kier molecular flexibility index (Phi) is 10.5. The second-order valence-corrected chi connectivity index (χ2v) is 17.9. The number of benzene rings is 3. The fourth-order valence-electron chi connectivity index (χ4n) is 11.6. The lowest BCUT2D eigenvalue weighted by atomic mass is 9.44. The monoisotopic (exact) mass is 716 g/mol. The van der Waals surface area contributed by atoms with E-state index in [9.17, 15) is 9.59 Å². The van der Waals surface area contributed by atoms with Gasteiger partial charge in [0.05, 0.1) is 5.56 Å². The summed E-state index contributed by atoms with van der Waals surface area (Å²) in [6.45, 7) is 13.0. The highest BCUT2D eigenvalue weighted by molar-refractivity contribution is 6.07. The van der Waals surface area contributed by atoms with Crippen LogP contribution in [0.2, 0.25) is 0 Å². The van der Waals surface area contributed by atoms with E-state index in [-0.39, 0.29) is 17.9 Å². The van der Waals surface area contributed by atoms with Gasteiger partial charge in [-0.05, 0) is 170 Å². The Morgan fingerprint density at radius 3 is 2.15 bits per heavy atom. The number of esters is 1. The van der Waals surface area contributed by atoms with Crippen molar-refractivity contribution < 1.29 is 19.1 Å². The molecule has 6 heteroatoms. The predicted octanol–water partition coefficient (Wildman–Crippen LogP) is 10.8. The van der Waals surface area contributed by atoms with E-state index in [0.717, 1.165) is 65.9 Å². The molecule has 4 aliphatic carbocycles. The lowest BCUT2D eigenvalue weighted by Gasteiger charge is -2.61. The number of hydrogen-bond acceptors (Lipinski definition) is 6. The largest absolute Gasteiger partial charge is 0.489 e. The van der Waals surface area contributed by atoms with Crippen LogP contribution < -0.4 is 16.2 Å². The Labute approximate surface area is 317 Å². The van der Waals surface area contributed by atoms with Gasteiger partial charge >= 0.3 is 5.97 Å². The summed E-state index contributed by atoms with van der Waals surface area (Å²) in [6.07, 6.45) is 14.6. The van der Waals surface area contributed by atoms with Crippen molar-refractivity contribution in [2.75, 3.05) is 11.5 Å². The Hall–Kier alpha value is -4.06. The standard InChI is InChI=1S/C47H60N2O4/c1-29(2)30(3)41-17-18-42-40-16-13-35-26-39(20-22-46(35,4)43(40)21-23-47(41,42)5)53-45(51)34-11-9-33(10-12-34)44(50)19-8-31-6-14-38(15-7-31)52-28-32-24-36(48)27-37(49)25-32/h6-12,14-15,19,24-25,27,29-30,35,39-43H,13,16-18,20-23,26,28,48-49H2,1-5H3/b19-8+. The number of nitrogen functional groups attached to an aromatic ring is 2. The molecule has 4 saturated carbocycles. The van der Waals surface area contributed by atoms with Crippen molar-refractivity contribution in [1.82, 2.24) is 0 Å². The van der Waals surface area contributed by atoms with Crippen molar-refractivity contribution in [3.63, 3.8) is 0 Å². The van der Waals surface area contributed by atoms with E-state index >= 15 is 0 Å². The summed E-state index contributed by atoms with van der Waals surface area (Å²) in [5.41, 5.74) is 16.6. The molecule has 0 spiro atoms. The lowest BCUT2D eigenvalue weighted by molar-refractivity contribution is -0.131. The van der Waals surface area contributed by atoms with Gasteiger partial charge in [-0.3, -0.25) is 4.79 Å². The maximum Gasteiger partial charge on any atom is 0.338 e. The summed E-state index contributed by atoms with van der Waals surface area (Å²) in [7, 11) is 0. The highest BCUT2D eigenvalue weighted by Crippen LogP contribution is 2.68. The van der Waals surface area contributed by atoms with Crippen molar-refractivity contribution in [3.05, 3.63) is 95.1 Å². The Morgan fingerprint density at radius 1 is 0.792 bits per heavy atom. The molecule has 0 heterocycles. The molecule has 53 heavy (non-hydrogen) atoms. The van der Waals surface area contributed by atoms with E-state index in [1.54, 1.807) is 42.5 Å². The molecule has 9 atom stereocenters. The summed E-state index contributed by atoms with van der Waals surface area (Å²) in [6, 6.07) is 19.8. The molecule has 0 amide bonds. The van der Waals surface area contributed by atoms with Crippen molar-refractivity contribution in [1.29, 1.82) is 0 Å². The van der Waals surface area contributed by atoms with Crippen LogP contribution in [0.4, 0.5) is 11.4 Å². The van der Waals surface area contributed by atoms with Crippen molar-refractivity contribution in [2.24, 2.45) is 52.3 Å². The molecule has 0 radical (unpaired) electrons. The van der Waals surface area contributed by atoms with E-state index < -0.39 is 0 Å². The first-order valence-corrected chi connectivity index (χ1v) is 20.3. The summed E-state index contributed by atoms with van der Waals surface area (Å²) < 4.78 is 12.0. The average molecular weight is 717 g/mol. The highest BCUT2D eigenvalue weighted by atomic mass is 16.5. The van der Waals surface area contributed by atoms with Gasteiger partial charge in [0.1, 0.15) is 18.5 Å². The van der Waals surface area contributed by atoms with Crippen LogP contribution >= 0.6 is 0 Å². The van der Waals surface area contributed by atoms with E-state index in [0.29, 0.717) is 51.6 Å². The van der Waals surface area contributed by atoms with Crippen LogP contribution in [0.25, 0.3) is 6.08 Å². The molecular weight excluding hydrogens is 657 g/mol. The average Bonchev–Trinajstić information content (AvgIpc) is 3.50. The van der Waals surface area contributed by atoms with Crippen LogP contribution in [0.1, 0.15) is 124 Å². The molecule has 4 N–H and O–H groups in total. The smallest absolute Gasteiger partial charge is 0.338 e. The molecule has 0 bridgehead atoms. The summed E-state index contributed by atoms with van der Waals surface area (Å²) >= 11 is 0. The van der Waals surface area contributed by atoms with Crippen molar-refractivity contribution in [2.45, 2.75) is 105 Å². The molecule has 9 unspecified atom stereocenters. The highest BCUT2D eigenvalue weighted by Gasteiger charge is 2.61. The summed E-state index contributed by atoms with van der Waals surface area (Å²) in [4.78, 5) is 26.3. The number of allylic oxidation sites excluding steroid dienone is 1. The van der Waals surface area contributed by atoms with Crippen LogP contribution in [0.15, 0.2) is 72.8 Å². The minimum atomic E-state index is -0.284. The molecule has 0 aliphatic heterocycles. The molecule has 0 aromatic heterocycles. The number of nitrogens with two attached hydrogens (primary N) is 2. The minimum Gasteiger partial charge on any atom is -0.489 e. The number of carbonyl (C=O) groups excluding carboxylic acids is 2. The quantitative estimate of drug-likeness (QED) is 0.0937. The fraction of sp³-hybridized carbons (Fsp3) is 0.532. The lowest BCUT2D eigenvalue weighted by Crippen LogP contribution is -2.54. The molecule has 0 saturated heterocycles. The Bertz CT molecular complexity index is 1790. The van der Waals surface area contributed by atoms with Gasteiger partial charge in [0.15, 0.2) is 5.78 Å². The zero-order valence-corrected chi connectivity index (χ0v) is 32.5. The van der Waals surface area contributed by atoms with Gasteiger partial charge in [0, 0.05) is 16.9 Å². The van der Waals surface area contributed by atoms with Crippen LogP contribution in [-0.4, -0.2) is 17.9 Å². The number of fused-ring (bicyclic) bond motifs is 5. The zero-order valence-electron chi connectivity index (χ0n) is 32.5. The second kappa shape index (κ2) is 15.0. The molecule has 3 aromatic rings. The SMILES string of the molecule is CC(C)C(C)C1CCC2C3CCC4CC(OC(=O)c5ccc(C(=O)/C=C/c6ccc(OCc7cc(N)cc(N)c7)cc6)cc5)CCC4(C)C3CCC12C. The number of ether oxygens (including phenoxy) is 2. The van der Waals surface area contributed by atoms with Crippen LogP contribution in [0.3, 0.4) is 0 Å². The van der Waals surface area contributed by atoms with Gasteiger partial charge in [0.25, 0.3) is 0 Å². The number of hydrogen-bond donors (Lipinski definition) is 2. The van der Waals surface area contributed by atoms with E-state index in [4.69, 9.17) is 20.9 Å². The number of carbonyl (C=O) groups is 2. The van der Waals surface area contributed by atoms with Gasteiger partial charge in [0.2, 0.25) is 0 Å². The topological polar surface area (TPSA) is 105 Å². The Morgan fingerprint density at radius 2 is 1.45 bits per heavy atom. The Balaban J connectivity index is 0.899. The zero-order chi connectivity index (χ0) is 37.5. The first-order valence-electron chi connectivity index (χ1n) is 20.3. The number of anilines is 2. The maximum atomic E-state index is 13.3. The normalized spacial score (nSPS) is 31.4. The third-order valence-corrected chi connectivity index (χ3v) is 14.8. The van der Waals surface area contributed by atoms with Crippen molar-refractivity contribution >= 4 is 29.2 Å².